The Balaban J connectivity index is 2.17. The maximum Gasteiger partial charge on any atom is 0.345 e. The molecule has 1 aromatic heterocycles. The molecule has 0 spiro atoms. The van der Waals surface area contributed by atoms with Crippen LogP contribution in [0.5, 0.6) is 10.8 Å². The number of ether oxygens (including phenoxy) is 1. The van der Waals surface area contributed by atoms with Gasteiger partial charge in [0.25, 0.3) is 0 Å². The summed E-state index contributed by atoms with van der Waals surface area (Å²) in [7, 11) is 0. The molecule has 2 rings (SSSR count). The first-order chi connectivity index (χ1) is 7.65. The summed E-state index contributed by atoms with van der Waals surface area (Å²) in [5.41, 5.74) is 0. The van der Waals surface area contributed by atoms with Crippen molar-refractivity contribution in [2.75, 3.05) is 0 Å². The Morgan fingerprint density at radius 1 is 1.31 bits per heavy atom. The molecule has 1 N–H and O–H groups in total. The summed E-state index contributed by atoms with van der Waals surface area (Å²) < 4.78 is 6.61. The highest BCUT2D eigenvalue weighted by molar-refractivity contribution is 14.1. The number of benzene rings is 1. The molecule has 0 saturated heterocycles. The van der Waals surface area contributed by atoms with E-state index in [0.717, 1.165) is 14.9 Å². The lowest BCUT2D eigenvalue weighted by Crippen LogP contribution is -1.89. The summed E-state index contributed by atoms with van der Waals surface area (Å²) in [6, 6.07) is 10.8. The second kappa shape index (κ2) is 4.84. The van der Waals surface area contributed by atoms with E-state index < -0.39 is 5.97 Å². The average Bonchev–Trinajstić information content (AvgIpc) is 2.66. The van der Waals surface area contributed by atoms with Gasteiger partial charge in [-0.1, -0.05) is 17.4 Å². The zero-order chi connectivity index (χ0) is 11.5. The van der Waals surface area contributed by atoms with Crippen LogP contribution >= 0.6 is 33.9 Å². The molecule has 0 amide bonds. The second-order valence-corrected chi connectivity index (χ2v) is 5.28. The van der Waals surface area contributed by atoms with Crippen molar-refractivity contribution in [3.05, 3.63) is 44.8 Å². The topological polar surface area (TPSA) is 46.5 Å². The molecule has 82 valence electrons. The molecule has 0 aliphatic rings. The Labute approximate surface area is 110 Å². The zero-order valence-electron chi connectivity index (χ0n) is 8.01. The molecule has 2 aromatic rings. The van der Waals surface area contributed by atoms with Gasteiger partial charge in [0, 0.05) is 3.57 Å². The highest BCUT2D eigenvalue weighted by Crippen LogP contribution is 2.29. The molecule has 0 saturated carbocycles. The number of carboxylic acid groups (broad SMARTS) is 1. The molecule has 0 aliphatic heterocycles. The third-order valence-corrected chi connectivity index (χ3v) is 3.43. The molecular formula is C11H7IO3S. The van der Waals surface area contributed by atoms with Gasteiger partial charge < -0.3 is 9.84 Å². The van der Waals surface area contributed by atoms with Gasteiger partial charge >= 0.3 is 5.97 Å². The van der Waals surface area contributed by atoms with E-state index in [9.17, 15) is 4.79 Å². The van der Waals surface area contributed by atoms with Crippen molar-refractivity contribution in [3.8, 4) is 10.8 Å². The molecule has 0 atom stereocenters. The van der Waals surface area contributed by atoms with Crippen molar-refractivity contribution in [2.45, 2.75) is 0 Å². The van der Waals surface area contributed by atoms with E-state index in [0.29, 0.717) is 10.8 Å². The quantitative estimate of drug-likeness (QED) is 0.859. The van der Waals surface area contributed by atoms with Crippen molar-refractivity contribution < 1.29 is 14.6 Å². The summed E-state index contributed by atoms with van der Waals surface area (Å²) in [5.74, 6) is -0.215. The van der Waals surface area contributed by atoms with Crippen LogP contribution in [0.3, 0.4) is 0 Å². The van der Waals surface area contributed by atoms with Crippen LogP contribution in [0.25, 0.3) is 0 Å². The summed E-state index contributed by atoms with van der Waals surface area (Å²) >= 11 is 3.31. The van der Waals surface area contributed by atoms with Crippen LogP contribution in [0, 0.1) is 3.57 Å². The van der Waals surface area contributed by atoms with E-state index in [2.05, 4.69) is 22.6 Å². The number of rotatable bonds is 3. The van der Waals surface area contributed by atoms with Gasteiger partial charge in [-0.15, -0.1) is 0 Å². The average molecular weight is 346 g/mol. The van der Waals surface area contributed by atoms with Crippen LogP contribution in [0.1, 0.15) is 9.67 Å². The predicted octanol–water partition coefficient (Wildman–Crippen LogP) is 3.84. The lowest BCUT2D eigenvalue weighted by Gasteiger charge is -2.02. The predicted molar refractivity (Wildman–Crippen MR) is 70.5 cm³/mol. The first kappa shape index (κ1) is 11.4. The third-order valence-electron chi connectivity index (χ3n) is 1.81. The number of halogens is 1. The van der Waals surface area contributed by atoms with Gasteiger partial charge in [-0.05, 0) is 52.9 Å². The SMILES string of the molecule is O=C(O)c1ccc(Oc2cccc(I)c2)s1. The van der Waals surface area contributed by atoms with E-state index in [4.69, 9.17) is 9.84 Å². The number of carbonyl (C=O) groups is 1. The number of hydrogen-bond acceptors (Lipinski definition) is 3. The van der Waals surface area contributed by atoms with Gasteiger partial charge in [-0.25, -0.2) is 4.79 Å². The maximum absolute atomic E-state index is 10.7. The van der Waals surface area contributed by atoms with Crippen LogP contribution in [-0.2, 0) is 0 Å². The summed E-state index contributed by atoms with van der Waals surface area (Å²) in [6.07, 6.45) is 0. The molecule has 3 nitrogen and oxygen atoms in total. The zero-order valence-corrected chi connectivity index (χ0v) is 11.0. The fraction of sp³-hybridized carbons (Fsp3) is 0. The van der Waals surface area contributed by atoms with E-state index in [1.165, 1.54) is 6.07 Å². The first-order valence-electron chi connectivity index (χ1n) is 4.42. The minimum absolute atomic E-state index is 0.278. The first-order valence-corrected chi connectivity index (χ1v) is 6.31. The molecule has 0 unspecified atom stereocenters. The number of aromatic carboxylic acids is 1. The number of hydrogen-bond donors (Lipinski definition) is 1. The largest absolute Gasteiger partial charge is 0.477 e. The molecule has 1 heterocycles. The molecule has 0 bridgehead atoms. The number of carboxylic acids is 1. The Morgan fingerprint density at radius 3 is 2.75 bits per heavy atom. The van der Waals surface area contributed by atoms with Gasteiger partial charge in [0.15, 0.2) is 5.06 Å². The van der Waals surface area contributed by atoms with Crippen LogP contribution in [0.4, 0.5) is 0 Å². The number of thiophene rings is 1. The van der Waals surface area contributed by atoms with Gasteiger partial charge in [0.2, 0.25) is 0 Å². The van der Waals surface area contributed by atoms with Crippen molar-refractivity contribution >= 4 is 39.9 Å². The minimum atomic E-state index is -0.928. The lowest BCUT2D eigenvalue weighted by atomic mass is 10.3. The minimum Gasteiger partial charge on any atom is -0.477 e. The van der Waals surface area contributed by atoms with Crippen molar-refractivity contribution in [1.82, 2.24) is 0 Å². The second-order valence-electron chi connectivity index (χ2n) is 2.98. The lowest BCUT2D eigenvalue weighted by molar-refractivity contribution is 0.0702. The van der Waals surface area contributed by atoms with Gasteiger partial charge in [0.1, 0.15) is 10.6 Å². The molecule has 16 heavy (non-hydrogen) atoms. The highest BCUT2D eigenvalue weighted by Gasteiger charge is 2.08. The van der Waals surface area contributed by atoms with Crippen molar-refractivity contribution in [2.24, 2.45) is 0 Å². The van der Waals surface area contributed by atoms with E-state index in [1.807, 2.05) is 24.3 Å². The molecular weight excluding hydrogens is 339 g/mol. The molecule has 0 aliphatic carbocycles. The van der Waals surface area contributed by atoms with Crippen LogP contribution in [-0.4, -0.2) is 11.1 Å². The third kappa shape index (κ3) is 2.73. The van der Waals surface area contributed by atoms with Crippen molar-refractivity contribution in [3.63, 3.8) is 0 Å². The summed E-state index contributed by atoms with van der Waals surface area (Å²) in [5, 5.41) is 9.34. The van der Waals surface area contributed by atoms with Gasteiger partial charge in [-0.2, -0.15) is 0 Å². The smallest absolute Gasteiger partial charge is 0.345 e. The molecule has 1 aromatic carbocycles. The molecule has 5 heteroatoms. The van der Waals surface area contributed by atoms with E-state index in [-0.39, 0.29) is 4.88 Å². The van der Waals surface area contributed by atoms with E-state index >= 15 is 0 Å². The summed E-state index contributed by atoms with van der Waals surface area (Å²) in [4.78, 5) is 11.0. The standard InChI is InChI=1S/C11H7IO3S/c12-7-2-1-3-8(6-7)15-10-5-4-9(16-10)11(13)14/h1-6H,(H,13,14). The Hall–Kier alpha value is -1.08. The van der Waals surface area contributed by atoms with E-state index in [1.54, 1.807) is 6.07 Å². The molecule has 0 radical (unpaired) electrons. The maximum atomic E-state index is 10.7. The Bertz CT molecular complexity index is 521. The van der Waals surface area contributed by atoms with Gasteiger partial charge in [-0.3, -0.25) is 0 Å². The van der Waals surface area contributed by atoms with Crippen LogP contribution in [0.2, 0.25) is 0 Å². The Morgan fingerprint density at radius 2 is 2.12 bits per heavy atom. The van der Waals surface area contributed by atoms with Crippen molar-refractivity contribution in [1.29, 1.82) is 0 Å². The van der Waals surface area contributed by atoms with Crippen LogP contribution in [0.15, 0.2) is 36.4 Å². The summed E-state index contributed by atoms with van der Waals surface area (Å²) in [6.45, 7) is 0. The fourth-order valence-electron chi connectivity index (χ4n) is 1.14. The monoisotopic (exact) mass is 346 g/mol. The van der Waals surface area contributed by atoms with Gasteiger partial charge in [0.05, 0.1) is 0 Å². The highest BCUT2D eigenvalue weighted by atomic mass is 127. The Kier molecular flexibility index (Phi) is 3.45. The normalized spacial score (nSPS) is 10.1. The van der Waals surface area contributed by atoms with Crippen LogP contribution < -0.4 is 4.74 Å². The fourth-order valence-corrected chi connectivity index (χ4v) is 2.37. The molecule has 0 fully saturated rings.